The molecular weight excluding hydrogens is 434 g/mol. The van der Waals surface area contributed by atoms with Gasteiger partial charge in [-0.05, 0) is 41.5 Å². The molecule has 0 saturated carbocycles. The molecule has 0 aliphatic carbocycles. The van der Waals surface area contributed by atoms with E-state index in [-0.39, 0.29) is 0 Å². The summed E-state index contributed by atoms with van der Waals surface area (Å²) < 4.78 is 14.5. The quantitative estimate of drug-likeness (QED) is 0.471. The van der Waals surface area contributed by atoms with Crippen molar-refractivity contribution in [3.63, 3.8) is 0 Å². The molecule has 1 aromatic heterocycles. The molecule has 0 unspecified atom stereocenters. The number of unbranched alkanes of at least 4 members (excludes halogenated alkanes) is 1. The molecule has 8 heteroatoms. The van der Waals surface area contributed by atoms with Crippen molar-refractivity contribution in [2.24, 2.45) is 0 Å². The van der Waals surface area contributed by atoms with Crippen LogP contribution >= 0.6 is 15.9 Å². The number of ether oxygens (including phenoxy) is 2. The molecule has 154 valence electrons. The Labute approximate surface area is 179 Å². The number of aromatic nitrogens is 4. The smallest absolute Gasteiger partial charge is 0.243 e. The van der Waals surface area contributed by atoms with E-state index in [0.717, 1.165) is 35.0 Å². The van der Waals surface area contributed by atoms with Crippen LogP contribution in [0.1, 0.15) is 36.5 Å². The van der Waals surface area contributed by atoms with E-state index in [4.69, 9.17) is 9.47 Å². The number of nitrogens with one attached hydrogen (secondary N) is 1. The highest BCUT2D eigenvalue weighted by atomic mass is 79.9. The van der Waals surface area contributed by atoms with Gasteiger partial charge >= 0.3 is 0 Å². The predicted octanol–water partition coefficient (Wildman–Crippen LogP) is 4.74. The fourth-order valence-corrected chi connectivity index (χ4v) is 3.43. The van der Waals surface area contributed by atoms with Gasteiger partial charge in [-0.25, -0.2) is 4.68 Å². The van der Waals surface area contributed by atoms with Crippen LogP contribution in [0.25, 0.3) is 0 Å². The predicted molar refractivity (Wildman–Crippen MR) is 116 cm³/mol. The third-order valence-electron chi connectivity index (χ3n) is 4.53. The van der Waals surface area contributed by atoms with Crippen molar-refractivity contribution in [1.29, 1.82) is 0 Å². The standard InChI is InChI=1S/C21H26BrN5O2/c1-4-5-11-27-21(24-25-26-27)23-13-17-18(22)9-10-19(28-3)20(17)29-14-16-8-6-7-15(2)12-16/h6-10,12H,4-5,11,13-14H2,1-3H3,(H,23,24,26). The first-order valence-corrected chi connectivity index (χ1v) is 10.5. The zero-order valence-corrected chi connectivity index (χ0v) is 18.6. The van der Waals surface area contributed by atoms with Crippen LogP contribution < -0.4 is 14.8 Å². The molecule has 0 saturated heterocycles. The summed E-state index contributed by atoms with van der Waals surface area (Å²) in [4.78, 5) is 0. The summed E-state index contributed by atoms with van der Waals surface area (Å²) in [5, 5.41) is 15.2. The van der Waals surface area contributed by atoms with E-state index in [1.165, 1.54) is 5.56 Å². The van der Waals surface area contributed by atoms with Crippen molar-refractivity contribution < 1.29 is 9.47 Å². The molecule has 0 amide bonds. The lowest BCUT2D eigenvalue weighted by Crippen LogP contribution is -2.11. The molecule has 0 bridgehead atoms. The lowest BCUT2D eigenvalue weighted by Gasteiger charge is -2.17. The van der Waals surface area contributed by atoms with Crippen molar-refractivity contribution in [3.8, 4) is 11.5 Å². The van der Waals surface area contributed by atoms with Crippen LogP contribution in [-0.4, -0.2) is 27.3 Å². The van der Waals surface area contributed by atoms with E-state index >= 15 is 0 Å². The maximum absolute atomic E-state index is 6.19. The molecule has 0 fully saturated rings. The SMILES string of the molecule is CCCCn1nnnc1NCc1c(Br)ccc(OC)c1OCc1cccc(C)c1. The number of tetrazole rings is 1. The lowest BCUT2D eigenvalue weighted by atomic mass is 10.1. The van der Waals surface area contributed by atoms with Gasteiger partial charge in [-0.1, -0.05) is 64.2 Å². The van der Waals surface area contributed by atoms with Gasteiger partial charge in [-0.3, -0.25) is 0 Å². The number of halogens is 1. The molecule has 0 atom stereocenters. The van der Waals surface area contributed by atoms with Gasteiger partial charge in [0, 0.05) is 23.1 Å². The van der Waals surface area contributed by atoms with E-state index in [9.17, 15) is 0 Å². The van der Waals surface area contributed by atoms with Crippen LogP contribution in [0, 0.1) is 6.92 Å². The van der Waals surface area contributed by atoms with Crippen molar-refractivity contribution >= 4 is 21.9 Å². The number of methoxy groups -OCH3 is 1. The summed E-state index contributed by atoms with van der Waals surface area (Å²) in [7, 11) is 1.64. The van der Waals surface area contributed by atoms with Gasteiger partial charge in [0.15, 0.2) is 11.5 Å². The Morgan fingerprint density at radius 3 is 2.83 bits per heavy atom. The zero-order chi connectivity index (χ0) is 20.6. The van der Waals surface area contributed by atoms with Gasteiger partial charge in [0.1, 0.15) is 6.61 Å². The topological polar surface area (TPSA) is 74.1 Å². The second kappa shape index (κ2) is 10.2. The van der Waals surface area contributed by atoms with E-state index < -0.39 is 0 Å². The second-order valence-electron chi connectivity index (χ2n) is 6.77. The Morgan fingerprint density at radius 1 is 1.21 bits per heavy atom. The minimum atomic E-state index is 0.454. The number of benzene rings is 2. The van der Waals surface area contributed by atoms with Crippen LogP contribution in [0.5, 0.6) is 11.5 Å². The highest BCUT2D eigenvalue weighted by Gasteiger charge is 2.16. The molecule has 1 N–H and O–H groups in total. The summed E-state index contributed by atoms with van der Waals surface area (Å²) in [6, 6.07) is 12.1. The van der Waals surface area contributed by atoms with Crippen LogP contribution in [0.2, 0.25) is 0 Å². The molecule has 2 aromatic carbocycles. The fraction of sp³-hybridized carbons (Fsp3) is 0.381. The van der Waals surface area contributed by atoms with E-state index in [2.05, 4.69) is 68.8 Å². The highest BCUT2D eigenvalue weighted by molar-refractivity contribution is 9.10. The number of aryl methyl sites for hydroxylation is 2. The molecule has 0 aliphatic rings. The van der Waals surface area contributed by atoms with Gasteiger partial charge in [-0.15, -0.1) is 0 Å². The summed E-state index contributed by atoms with van der Waals surface area (Å²) in [5.41, 5.74) is 3.25. The van der Waals surface area contributed by atoms with Crippen molar-refractivity contribution in [2.75, 3.05) is 12.4 Å². The van der Waals surface area contributed by atoms with Crippen molar-refractivity contribution in [3.05, 3.63) is 57.6 Å². The van der Waals surface area contributed by atoms with Gasteiger partial charge in [0.25, 0.3) is 0 Å². The molecule has 1 heterocycles. The van der Waals surface area contributed by atoms with Gasteiger partial charge < -0.3 is 14.8 Å². The first-order valence-electron chi connectivity index (χ1n) is 9.66. The summed E-state index contributed by atoms with van der Waals surface area (Å²) in [5.74, 6) is 2.02. The van der Waals surface area contributed by atoms with Crippen LogP contribution in [0.3, 0.4) is 0 Å². The minimum absolute atomic E-state index is 0.454. The number of hydrogen-bond acceptors (Lipinski definition) is 6. The largest absolute Gasteiger partial charge is 0.493 e. The Morgan fingerprint density at radius 2 is 2.07 bits per heavy atom. The van der Waals surface area contributed by atoms with Crippen LogP contribution in [0.15, 0.2) is 40.9 Å². The van der Waals surface area contributed by atoms with Crippen molar-refractivity contribution in [2.45, 2.75) is 46.4 Å². The second-order valence-corrected chi connectivity index (χ2v) is 7.62. The molecule has 0 radical (unpaired) electrons. The molecule has 0 aliphatic heterocycles. The molecular formula is C21H26BrN5O2. The molecule has 7 nitrogen and oxygen atoms in total. The Balaban J connectivity index is 1.79. The maximum Gasteiger partial charge on any atom is 0.243 e. The summed E-state index contributed by atoms with van der Waals surface area (Å²) in [6.07, 6.45) is 2.10. The first kappa shape index (κ1) is 21.1. The van der Waals surface area contributed by atoms with Gasteiger partial charge in [0.05, 0.1) is 7.11 Å². The zero-order valence-electron chi connectivity index (χ0n) is 17.0. The molecule has 0 spiro atoms. The molecule has 3 aromatic rings. The van der Waals surface area contributed by atoms with Crippen molar-refractivity contribution in [1.82, 2.24) is 20.2 Å². The molecule has 29 heavy (non-hydrogen) atoms. The van der Waals surface area contributed by atoms with Gasteiger partial charge in [0.2, 0.25) is 5.95 Å². The van der Waals surface area contributed by atoms with E-state index in [1.54, 1.807) is 11.8 Å². The summed E-state index contributed by atoms with van der Waals surface area (Å²) >= 11 is 3.64. The Kier molecular flexibility index (Phi) is 7.46. The normalized spacial score (nSPS) is 10.8. The number of hydrogen-bond donors (Lipinski definition) is 1. The number of anilines is 1. The Bertz CT molecular complexity index is 945. The number of nitrogens with zero attached hydrogens (tertiary/aromatic N) is 4. The van der Waals surface area contributed by atoms with Crippen LogP contribution in [-0.2, 0) is 19.7 Å². The lowest BCUT2D eigenvalue weighted by molar-refractivity contribution is 0.281. The third-order valence-corrected chi connectivity index (χ3v) is 5.27. The number of rotatable bonds is 10. The highest BCUT2D eigenvalue weighted by Crippen LogP contribution is 2.37. The van der Waals surface area contributed by atoms with E-state index in [1.807, 2.05) is 18.2 Å². The summed E-state index contributed by atoms with van der Waals surface area (Å²) in [6.45, 7) is 5.94. The first-order chi connectivity index (χ1) is 14.1. The van der Waals surface area contributed by atoms with E-state index in [0.29, 0.717) is 30.6 Å². The van der Waals surface area contributed by atoms with Gasteiger partial charge in [-0.2, -0.15) is 0 Å². The average molecular weight is 460 g/mol. The fourth-order valence-electron chi connectivity index (χ4n) is 2.98. The van der Waals surface area contributed by atoms with Crippen LogP contribution in [0.4, 0.5) is 5.95 Å². The Hall–Kier alpha value is -2.61. The minimum Gasteiger partial charge on any atom is -0.493 e. The monoisotopic (exact) mass is 459 g/mol. The average Bonchev–Trinajstić information content (AvgIpc) is 3.17. The maximum atomic E-state index is 6.19. The molecule has 3 rings (SSSR count). The third kappa shape index (κ3) is 5.47.